The molecule has 3 aliphatic heterocycles. The van der Waals surface area contributed by atoms with Crippen molar-refractivity contribution in [1.29, 1.82) is 5.26 Å². The molecule has 5 heterocycles. The van der Waals surface area contributed by atoms with Gasteiger partial charge in [-0.1, -0.05) is 17.7 Å². The Labute approximate surface area is 267 Å². The average molecular weight is 656 g/mol. The Morgan fingerprint density at radius 2 is 2.07 bits per heavy atom. The Balaban J connectivity index is 1.42. The van der Waals surface area contributed by atoms with Crippen LogP contribution in [0.5, 0.6) is 6.01 Å². The molecule has 3 N–H and O–H groups in total. The summed E-state index contributed by atoms with van der Waals surface area (Å²) in [6.45, 7) is 6.20. The van der Waals surface area contributed by atoms with Crippen LogP contribution in [0.25, 0.3) is 32.1 Å². The fourth-order valence-electron chi connectivity index (χ4n) is 7.80. The third-order valence-electron chi connectivity index (χ3n) is 10.1. The molecule has 0 radical (unpaired) electrons. The van der Waals surface area contributed by atoms with Gasteiger partial charge in [0.25, 0.3) is 0 Å². The van der Waals surface area contributed by atoms with Gasteiger partial charge in [-0.2, -0.15) is 15.2 Å². The van der Waals surface area contributed by atoms with Gasteiger partial charge in [0.2, 0.25) is 0 Å². The third-order valence-corrected chi connectivity index (χ3v) is 11.4. The van der Waals surface area contributed by atoms with Crippen molar-refractivity contribution in [3.05, 3.63) is 40.4 Å². The summed E-state index contributed by atoms with van der Waals surface area (Å²) in [4.78, 5) is 13.7. The maximum atomic E-state index is 17.0. The van der Waals surface area contributed by atoms with E-state index in [9.17, 15) is 14.0 Å². The van der Waals surface area contributed by atoms with Crippen molar-refractivity contribution >= 4 is 54.7 Å². The number of fused-ring (bicyclic) bond motifs is 3. The van der Waals surface area contributed by atoms with Crippen molar-refractivity contribution in [1.82, 2.24) is 20.2 Å². The Bertz CT molecular complexity index is 1890. The summed E-state index contributed by atoms with van der Waals surface area (Å²) in [6.07, 6.45) is 2.03. The van der Waals surface area contributed by atoms with Gasteiger partial charge in [0, 0.05) is 41.9 Å². The number of nitrogens with zero attached hydrogens (tertiary/aromatic N) is 5. The first kappa shape index (κ1) is 30.3. The van der Waals surface area contributed by atoms with Crippen molar-refractivity contribution in [2.24, 2.45) is 0 Å². The number of hydrogen-bond acceptors (Lipinski definition) is 9. The second-order valence-electron chi connectivity index (χ2n) is 12.8. The molecule has 2 aromatic carbocycles. The van der Waals surface area contributed by atoms with Crippen LogP contribution in [-0.4, -0.2) is 71.4 Å². The Hall–Kier alpha value is -3.37. The minimum absolute atomic E-state index is 0.0151. The summed E-state index contributed by atoms with van der Waals surface area (Å²) in [7, 11) is 1.91. The standard InChI is InChI=1S/C32H33ClF3N7OS/c1-31(2)22(39-3)7-10-43(31)29-18-11-20(33)24(17-5-6-21(35)27-23(17)19(13-37)28(38)45-27)25(36)26(18)40-30(41-29)44-15-32-8-4-9-42(32)14-16(34)12-32/h5-6,11,16,22,39H,4,7-10,12,14-15,38H2,1-3H3/t16-,22?,32+/m1/s1. The number of thiophene rings is 1. The van der Waals surface area contributed by atoms with Crippen LogP contribution in [0.3, 0.4) is 0 Å². The SMILES string of the molecule is CNC1CCN(c2nc(OC[C@@]34CCCN3C[C@H](F)C4)nc3c(F)c(-c4ccc(F)c5sc(N)c(C#N)c45)c(Cl)cc23)C1(C)C. The molecule has 1 unspecified atom stereocenters. The van der Waals surface area contributed by atoms with Crippen molar-refractivity contribution in [2.45, 2.75) is 62.8 Å². The summed E-state index contributed by atoms with van der Waals surface area (Å²) in [5.74, 6) is -0.842. The fraction of sp³-hybridized carbons (Fsp3) is 0.469. The van der Waals surface area contributed by atoms with Crippen molar-refractivity contribution < 1.29 is 17.9 Å². The van der Waals surface area contributed by atoms with Crippen LogP contribution in [0.1, 0.15) is 45.1 Å². The molecule has 45 heavy (non-hydrogen) atoms. The number of alkyl halides is 1. The zero-order valence-electron chi connectivity index (χ0n) is 25.2. The summed E-state index contributed by atoms with van der Waals surface area (Å²) in [5.41, 5.74) is 5.47. The Morgan fingerprint density at radius 3 is 2.80 bits per heavy atom. The number of hydrogen-bond donors (Lipinski definition) is 2. The van der Waals surface area contributed by atoms with Gasteiger partial charge in [-0.3, -0.25) is 4.90 Å². The summed E-state index contributed by atoms with van der Waals surface area (Å²) in [5, 5.41) is 14.0. The largest absolute Gasteiger partial charge is 0.461 e. The van der Waals surface area contributed by atoms with Crippen LogP contribution >= 0.6 is 22.9 Å². The molecule has 3 fully saturated rings. The second-order valence-corrected chi connectivity index (χ2v) is 14.3. The van der Waals surface area contributed by atoms with Gasteiger partial charge in [-0.15, -0.1) is 11.3 Å². The highest BCUT2D eigenvalue weighted by molar-refractivity contribution is 7.23. The molecule has 7 rings (SSSR count). The lowest BCUT2D eigenvalue weighted by Gasteiger charge is -2.37. The number of halogens is 4. The zero-order chi connectivity index (χ0) is 31.8. The van der Waals surface area contributed by atoms with E-state index in [0.717, 1.165) is 37.1 Å². The Kier molecular flexibility index (Phi) is 7.32. The van der Waals surface area contributed by atoms with Gasteiger partial charge in [0.1, 0.15) is 41.0 Å². The highest BCUT2D eigenvalue weighted by Crippen LogP contribution is 2.47. The van der Waals surface area contributed by atoms with Crippen LogP contribution in [0.15, 0.2) is 18.2 Å². The molecule has 2 aromatic heterocycles. The number of nitrogens with one attached hydrogen (secondary N) is 1. The molecule has 8 nitrogen and oxygen atoms in total. The van der Waals surface area contributed by atoms with Gasteiger partial charge in [0.15, 0.2) is 5.82 Å². The molecule has 3 atom stereocenters. The quantitative estimate of drug-likeness (QED) is 0.245. The van der Waals surface area contributed by atoms with E-state index in [4.69, 9.17) is 27.1 Å². The topological polar surface area (TPSA) is 103 Å². The number of ether oxygens (including phenoxy) is 1. The van der Waals surface area contributed by atoms with Gasteiger partial charge >= 0.3 is 6.01 Å². The molecule has 0 bridgehead atoms. The third kappa shape index (κ3) is 4.61. The van der Waals surface area contributed by atoms with E-state index < -0.39 is 28.9 Å². The van der Waals surface area contributed by atoms with Gasteiger partial charge in [0.05, 0.1) is 26.4 Å². The van der Waals surface area contributed by atoms with E-state index in [1.165, 1.54) is 12.1 Å². The van der Waals surface area contributed by atoms with E-state index in [1.54, 1.807) is 6.07 Å². The van der Waals surface area contributed by atoms with Crippen LogP contribution < -0.4 is 20.7 Å². The maximum absolute atomic E-state index is 17.0. The highest BCUT2D eigenvalue weighted by Gasteiger charge is 2.49. The number of nitriles is 1. The smallest absolute Gasteiger partial charge is 0.319 e. The molecule has 0 amide bonds. The molecule has 236 valence electrons. The molecule has 0 aliphatic carbocycles. The monoisotopic (exact) mass is 655 g/mol. The molecule has 0 spiro atoms. The first-order chi connectivity index (χ1) is 21.5. The lowest BCUT2D eigenvalue weighted by atomic mass is 9.95. The minimum atomic E-state index is -0.926. The van der Waals surface area contributed by atoms with E-state index in [2.05, 4.69) is 33.9 Å². The molecule has 3 aliphatic rings. The fourth-order valence-corrected chi connectivity index (χ4v) is 9.04. The first-order valence-electron chi connectivity index (χ1n) is 15.1. The average Bonchev–Trinajstić information content (AvgIpc) is 3.71. The van der Waals surface area contributed by atoms with Gasteiger partial charge < -0.3 is 20.7 Å². The minimum Gasteiger partial charge on any atom is -0.461 e. The normalized spacial score (nSPS) is 24.5. The molecular weight excluding hydrogens is 623 g/mol. The van der Waals surface area contributed by atoms with Crippen LogP contribution in [-0.2, 0) is 0 Å². The summed E-state index contributed by atoms with van der Waals surface area (Å²) >= 11 is 7.78. The van der Waals surface area contributed by atoms with E-state index >= 15 is 4.39 Å². The molecule has 3 saturated heterocycles. The van der Waals surface area contributed by atoms with E-state index in [0.29, 0.717) is 30.7 Å². The number of nitrogen functional groups attached to an aromatic ring is 1. The van der Waals surface area contributed by atoms with Crippen LogP contribution in [0.4, 0.5) is 24.0 Å². The maximum Gasteiger partial charge on any atom is 0.319 e. The predicted octanol–water partition coefficient (Wildman–Crippen LogP) is 6.43. The number of rotatable bonds is 6. The molecule has 4 aromatic rings. The van der Waals surface area contributed by atoms with Crippen molar-refractivity contribution in [2.75, 3.05) is 43.9 Å². The van der Waals surface area contributed by atoms with E-state index in [-0.39, 0.29) is 61.0 Å². The highest BCUT2D eigenvalue weighted by atomic mass is 35.5. The molecule has 13 heteroatoms. The lowest BCUT2D eigenvalue weighted by Crippen LogP contribution is -2.50. The summed E-state index contributed by atoms with van der Waals surface area (Å²) < 4.78 is 52.7. The van der Waals surface area contributed by atoms with Crippen LogP contribution in [0.2, 0.25) is 5.02 Å². The van der Waals surface area contributed by atoms with Crippen molar-refractivity contribution in [3.8, 4) is 23.2 Å². The van der Waals surface area contributed by atoms with Gasteiger partial charge in [-0.25, -0.2) is 13.2 Å². The lowest BCUT2D eigenvalue weighted by molar-refractivity contribution is 0.107. The number of benzene rings is 2. The second kappa shape index (κ2) is 10.9. The number of anilines is 2. The number of nitrogens with two attached hydrogens (primary N) is 1. The van der Waals surface area contributed by atoms with Crippen LogP contribution in [0, 0.1) is 23.0 Å². The van der Waals surface area contributed by atoms with E-state index in [1.807, 2.05) is 13.1 Å². The molecular formula is C32H33ClF3N7OS. The molecule has 0 saturated carbocycles. The first-order valence-corrected chi connectivity index (χ1v) is 16.3. The number of likely N-dealkylation sites (N-methyl/N-ethyl adjacent to an activating group) is 1. The van der Waals surface area contributed by atoms with Gasteiger partial charge in [-0.05, 0) is 64.4 Å². The van der Waals surface area contributed by atoms with Crippen molar-refractivity contribution in [3.63, 3.8) is 0 Å². The predicted molar refractivity (Wildman–Crippen MR) is 172 cm³/mol. The Morgan fingerprint density at radius 1 is 1.27 bits per heavy atom. The number of aromatic nitrogens is 2. The zero-order valence-corrected chi connectivity index (χ0v) is 26.8. The summed E-state index contributed by atoms with van der Waals surface area (Å²) in [6, 6.07) is 6.40.